The molecule has 0 aromatic carbocycles. The number of halogens is 2. The first-order valence-electron chi connectivity index (χ1n) is 6.62. The van der Waals surface area contributed by atoms with Crippen molar-refractivity contribution in [3.8, 4) is 0 Å². The van der Waals surface area contributed by atoms with Crippen LogP contribution in [0, 0.1) is 5.41 Å². The summed E-state index contributed by atoms with van der Waals surface area (Å²) in [7, 11) is 1.73. The molecule has 0 aromatic heterocycles. The standard InChI is InChI=1S/C16H21O2.2ClH.Ti/c1-15(2,3)14-11-7-8-12-16(14,17-4)18-13-9-5-6-10-13;;;/h5,7-9,11H,6,12H2,1-4H3;2*1H;/q;;;+2/p-2. The third kappa shape index (κ3) is 4.49. The first-order chi connectivity index (χ1) is 8.89. The Labute approximate surface area is 152 Å². The molecule has 2 nitrogen and oxygen atoms in total. The topological polar surface area (TPSA) is 18.5 Å². The molecule has 0 heterocycles. The molecule has 2 aliphatic rings. The minimum atomic E-state index is -0.668. The van der Waals surface area contributed by atoms with E-state index >= 15 is 0 Å². The van der Waals surface area contributed by atoms with Gasteiger partial charge < -0.3 is 24.8 Å². The Kier molecular flexibility index (Phi) is 8.04. The van der Waals surface area contributed by atoms with Crippen LogP contribution in [0.5, 0.6) is 0 Å². The summed E-state index contributed by atoms with van der Waals surface area (Å²) in [5, 5.41) is 0. The van der Waals surface area contributed by atoms with Crippen molar-refractivity contribution in [3.63, 3.8) is 0 Å². The summed E-state index contributed by atoms with van der Waals surface area (Å²) in [5.41, 5.74) is 1.20. The zero-order valence-corrected chi connectivity index (χ0v) is 15.9. The Balaban J connectivity index is 0.00000200. The molecule has 5 heteroatoms. The van der Waals surface area contributed by atoms with Crippen molar-refractivity contribution in [2.75, 3.05) is 7.11 Å². The van der Waals surface area contributed by atoms with Gasteiger partial charge in [-0.3, -0.25) is 0 Å². The zero-order chi connectivity index (χ0) is 14.1. The van der Waals surface area contributed by atoms with Crippen molar-refractivity contribution in [2.24, 2.45) is 5.41 Å². The average molecular weight is 364 g/mol. The van der Waals surface area contributed by atoms with Crippen molar-refractivity contribution in [1.82, 2.24) is 0 Å². The first kappa shape index (κ1) is 21.0. The van der Waals surface area contributed by atoms with Crippen LogP contribution in [0.25, 0.3) is 0 Å². The van der Waals surface area contributed by atoms with Gasteiger partial charge in [-0.1, -0.05) is 0 Å². The molecule has 1 unspecified atom stereocenters. The van der Waals surface area contributed by atoms with Crippen LogP contribution in [-0.2, 0) is 29.9 Å². The van der Waals surface area contributed by atoms with Crippen molar-refractivity contribution in [2.45, 2.75) is 39.4 Å². The van der Waals surface area contributed by atoms with E-state index in [0.717, 1.165) is 18.6 Å². The van der Waals surface area contributed by atoms with Gasteiger partial charge in [0, 0.05) is 0 Å². The molecule has 0 spiro atoms. The van der Waals surface area contributed by atoms with Crippen LogP contribution in [0.4, 0.5) is 0 Å². The van der Waals surface area contributed by atoms with E-state index in [9.17, 15) is 0 Å². The summed E-state index contributed by atoms with van der Waals surface area (Å²) in [6.07, 6.45) is 12.2. The summed E-state index contributed by atoms with van der Waals surface area (Å²) in [6.45, 7) is 6.59. The summed E-state index contributed by atoms with van der Waals surface area (Å²) in [6, 6.07) is 0. The summed E-state index contributed by atoms with van der Waals surface area (Å²) < 4.78 is 13.4. The summed E-state index contributed by atoms with van der Waals surface area (Å²) in [5.74, 6) is 0.283. The van der Waals surface area contributed by atoms with Crippen molar-refractivity contribution in [3.05, 3.63) is 45.6 Å². The molecule has 2 aliphatic carbocycles. The third-order valence-corrected chi connectivity index (χ3v) is 4.20. The van der Waals surface area contributed by atoms with Gasteiger partial charge >= 0.3 is 127 Å². The van der Waals surface area contributed by atoms with Gasteiger partial charge in [-0.25, -0.2) is 0 Å². The van der Waals surface area contributed by atoms with Crippen molar-refractivity contribution >= 4 is 0 Å². The molecular weight excluding hydrogens is 343 g/mol. The molecule has 0 bridgehead atoms. The number of allylic oxidation sites excluding steroid dienone is 5. The number of rotatable bonds is 3. The molecule has 0 radical (unpaired) electrons. The second kappa shape index (κ2) is 8.03. The summed E-state index contributed by atoms with van der Waals surface area (Å²) in [4.78, 5) is 0. The molecule has 0 saturated carbocycles. The largest absolute Gasteiger partial charge is 1.00 e. The van der Waals surface area contributed by atoms with Crippen LogP contribution < -0.4 is 24.8 Å². The minimum Gasteiger partial charge on any atom is -1.00 e. The van der Waals surface area contributed by atoms with Gasteiger partial charge in [-0.05, 0) is 0 Å². The Hall–Kier alpha value is 0.0143. The molecule has 0 saturated heterocycles. The Bertz CT molecular complexity index is 487. The van der Waals surface area contributed by atoms with E-state index in [2.05, 4.69) is 71.6 Å². The predicted octanol–water partition coefficient (Wildman–Crippen LogP) is -2.00. The van der Waals surface area contributed by atoms with E-state index < -0.39 is 5.79 Å². The van der Waals surface area contributed by atoms with E-state index in [-0.39, 0.29) is 30.2 Å². The van der Waals surface area contributed by atoms with Gasteiger partial charge in [0.05, 0.1) is 0 Å². The maximum atomic E-state index is 6.29. The molecule has 0 amide bonds. The molecule has 1 atom stereocenters. The number of ether oxygens (including phenoxy) is 2. The zero-order valence-electron chi connectivity index (χ0n) is 12.9. The molecule has 21 heavy (non-hydrogen) atoms. The van der Waals surface area contributed by atoms with Gasteiger partial charge in [-0.15, -0.1) is 0 Å². The molecule has 0 aliphatic heterocycles. The second-order valence-corrected chi connectivity index (χ2v) is 6.91. The van der Waals surface area contributed by atoms with E-state index in [1.165, 1.54) is 9.45 Å². The summed E-state index contributed by atoms with van der Waals surface area (Å²) >= 11 is 2.11. The second-order valence-electron chi connectivity index (χ2n) is 5.97. The number of hydrogen-bond acceptors (Lipinski definition) is 2. The quantitative estimate of drug-likeness (QED) is 0.427. The third-order valence-electron chi connectivity index (χ3n) is 3.50. The van der Waals surface area contributed by atoms with E-state index in [4.69, 9.17) is 9.47 Å². The Morgan fingerprint density at radius 1 is 1.19 bits per heavy atom. The van der Waals surface area contributed by atoms with Crippen LogP contribution >= 0.6 is 0 Å². The fraction of sp³-hybridized carbons (Fsp3) is 0.500. The minimum absolute atomic E-state index is 0. The average Bonchev–Trinajstić information content (AvgIpc) is 2.74. The fourth-order valence-electron chi connectivity index (χ4n) is 2.54. The molecule has 0 fully saturated rings. The normalized spacial score (nSPS) is 24.4. The van der Waals surface area contributed by atoms with Gasteiger partial charge in [-0.2, -0.15) is 0 Å². The number of hydrogen-bond donors (Lipinski definition) is 0. The monoisotopic (exact) mass is 363 g/mol. The van der Waals surface area contributed by atoms with Crippen LogP contribution in [-0.4, -0.2) is 12.9 Å². The fourth-order valence-corrected chi connectivity index (χ4v) is 2.93. The maximum Gasteiger partial charge on any atom is -1.00 e. The Morgan fingerprint density at radius 3 is 2.33 bits per heavy atom. The number of methoxy groups -OCH3 is 1. The molecule has 115 valence electrons. The molecule has 2 rings (SSSR count). The smallest absolute Gasteiger partial charge is 1.00 e. The van der Waals surface area contributed by atoms with Gasteiger partial charge in [0.1, 0.15) is 0 Å². The van der Waals surface area contributed by atoms with Gasteiger partial charge in [0.2, 0.25) is 0 Å². The van der Waals surface area contributed by atoms with Crippen LogP contribution in [0.15, 0.2) is 45.6 Å². The van der Waals surface area contributed by atoms with Crippen LogP contribution in [0.3, 0.4) is 0 Å². The van der Waals surface area contributed by atoms with E-state index in [1.807, 2.05) is 0 Å². The predicted molar refractivity (Wildman–Crippen MR) is 72.9 cm³/mol. The van der Waals surface area contributed by atoms with Crippen LogP contribution in [0.1, 0.15) is 33.6 Å². The van der Waals surface area contributed by atoms with Crippen LogP contribution in [0.2, 0.25) is 0 Å². The van der Waals surface area contributed by atoms with Crippen molar-refractivity contribution < 1.29 is 54.7 Å². The van der Waals surface area contributed by atoms with E-state index in [1.54, 1.807) is 7.11 Å². The molecular formula is C16H21Cl2O2Ti. The molecule has 0 N–H and O–H groups in total. The van der Waals surface area contributed by atoms with Crippen molar-refractivity contribution in [1.29, 1.82) is 0 Å². The van der Waals surface area contributed by atoms with Gasteiger partial charge in [0.25, 0.3) is 0 Å². The van der Waals surface area contributed by atoms with Gasteiger partial charge in [0.15, 0.2) is 0 Å². The molecule has 0 aromatic rings. The SMILES string of the molecule is COC1(OC2=[C]([Ti+2])CC=C2)CC=CC=C1C(C)(C)C.[Cl-].[Cl-]. The first-order valence-corrected chi connectivity index (χ1v) is 7.40. The Morgan fingerprint density at radius 2 is 1.86 bits per heavy atom. The maximum absolute atomic E-state index is 6.29. The van der Waals surface area contributed by atoms with E-state index in [0.29, 0.717) is 0 Å².